The molecule has 1 N–H and O–H groups in total. The Labute approximate surface area is 315 Å². The van der Waals surface area contributed by atoms with Crippen LogP contribution in [0.2, 0.25) is 0 Å². The number of nitrogens with one attached hydrogen (secondary N) is 1. The third-order valence-electron chi connectivity index (χ3n) is 8.22. The Morgan fingerprint density at radius 2 is 1.58 bits per heavy atom. The first-order valence-electron chi connectivity index (χ1n) is 17.6. The van der Waals surface area contributed by atoms with E-state index in [2.05, 4.69) is 20.4 Å². The van der Waals surface area contributed by atoms with Crippen LogP contribution in [0.3, 0.4) is 0 Å². The lowest BCUT2D eigenvalue weighted by atomic mass is 10.1. The van der Waals surface area contributed by atoms with E-state index in [0.29, 0.717) is 29.7 Å². The quantitative estimate of drug-likeness (QED) is 0.185. The summed E-state index contributed by atoms with van der Waals surface area (Å²) in [4.78, 5) is 65.0. The zero-order valence-corrected chi connectivity index (χ0v) is 31.7. The second-order valence-electron chi connectivity index (χ2n) is 15.1. The highest BCUT2D eigenvalue weighted by Crippen LogP contribution is 2.34. The van der Waals surface area contributed by atoms with Gasteiger partial charge in [0.25, 0.3) is 0 Å². The number of carbonyl (C=O) groups excluding carboxylic acids is 4. The molecule has 1 aliphatic rings. The maximum absolute atomic E-state index is 13.9. The van der Waals surface area contributed by atoms with Gasteiger partial charge in [-0.05, 0) is 91.0 Å². The predicted octanol–water partition coefficient (Wildman–Crippen LogP) is 7.70. The molecule has 1 aromatic carbocycles. The zero-order valence-electron chi connectivity index (χ0n) is 31.7. The number of ether oxygens (including phenoxy) is 3. The van der Waals surface area contributed by atoms with Crippen LogP contribution >= 0.6 is 0 Å². The van der Waals surface area contributed by atoms with E-state index in [9.17, 15) is 32.3 Å². The molecule has 4 amide bonds. The first-order chi connectivity index (χ1) is 25.7. The highest BCUT2D eigenvalue weighted by Gasteiger charge is 2.37. The molecule has 5 rings (SSSR count). The number of pyridine rings is 2. The molecule has 1 atom stereocenters. The minimum atomic E-state index is -4.61. The number of rotatable bonds is 7. The number of halogens is 3. The minimum Gasteiger partial charge on any atom is -0.443 e. The van der Waals surface area contributed by atoms with E-state index in [-0.39, 0.29) is 41.2 Å². The van der Waals surface area contributed by atoms with Crippen LogP contribution in [-0.4, -0.2) is 66.5 Å². The van der Waals surface area contributed by atoms with Crippen LogP contribution in [0.1, 0.15) is 89.4 Å². The van der Waals surface area contributed by atoms with Crippen molar-refractivity contribution < 1.29 is 46.6 Å². The van der Waals surface area contributed by atoms with Crippen LogP contribution in [0.5, 0.6) is 0 Å². The minimum absolute atomic E-state index is 0.0384. The Hall–Kier alpha value is -5.58. The molecule has 1 aliphatic heterocycles. The normalized spacial score (nSPS) is 15.0. The van der Waals surface area contributed by atoms with Crippen molar-refractivity contribution in [1.82, 2.24) is 24.6 Å². The molecule has 0 saturated carbocycles. The van der Waals surface area contributed by atoms with Crippen LogP contribution in [0.4, 0.5) is 34.3 Å². The summed E-state index contributed by atoms with van der Waals surface area (Å²) in [5.74, 6) is -2.35. The summed E-state index contributed by atoms with van der Waals surface area (Å²) in [6, 6.07) is 9.15. The average Bonchev–Trinajstić information content (AvgIpc) is 3.55. The largest absolute Gasteiger partial charge is 0.443 e. The van der Waals surface area contributed by atoms with Crippen LogP contribution < -0.4 is 10.2 Å². The van der Waals surface area contributed by atoms with Gasteiger partial charge >= 0.3 is 30.2 Å². The van der Waals surface area contributed by atoms with Crippen LogP contribution in [-0.2, 0) is 43.1 Å². The molecule has 1 saturated heterocycles. The number of anilines is 2. The number of nitrogens with zero attached hydrogens (tertiary/aromatic N) is 6. The van der Waals surface area contributed by atoms with Crippen molar-refractivity contribution in [2.75, 3.05) is 16.8 Å². The van der Waals surface area contributed by atoms with Gasteiger partial charge in [-0.1, -0.05) is 24.3 Å². The fourth-order valence-corrected chi connectivity index (χ4v) is 5.62. The lowest BCUT2D eigenvalue weighted by Crippen LogP contribution is -2.44. The van der Waals surface area contributed by atoms with Crippen molar-refractivity contribution in [1.29, 1.82) is 0 Å². The zero-order chi connectivity index (χ0) is 40.3. The van der Waals surface area contributed by atoms with Gasteiger partial charge in [0.05, 0.1) is 35.1 Å². The van der Waals surface area contributed by atoms with Gasteiger partial charge in [0, 0.05) is 25.5 Å². The lowest BCUT2D eigenvalue weighted by Gasteiger charge is -2.28. The SMILES string of the molecule is Cc1ccccc1CN(Cc1ccc(C(F)(F)F)cn1)C(=O)C(=O)Nc1cnc(N(C(=O)OC(C)(C)C)C(=O)OC(C)(C)C)c2cn(C3CCCCO3)nc12. The summed E-state index contributed by atoms with van der Waals surface area (Å²) >= 11 is 0. The Balaban J connectivity index is 1.54. The number of carbonyl (C=O) groups is 4. The topological polar surface area (TPSA) is 158 Å². The first-order valence-corrected chi connectivity index (χ1v) is 17.6. The van der Waals surface area contributed by atoms with Crippen molar-refractivity contribution in [2.24, 2.45) is 0 Å². The maximum Gasteiger partial charge on any atom is 0.425 e. The third-order valence-corrected chi connectivity index (χ3v) is 8.22. The van der Waals surface area contributed by atoms with Crippen molar-refractivity contribution >= 4 is 46.4 Å². The van der Waals surface area contributed by atoms with E-state index in [1.807, 2.05) is 13.0 Å². The summed E-state index contributed by atoms with van der Waals surface area (Å²) in [5, 5.41) is 7.35. The summed E-state index contributed by atoms with van der Waals surface area (Å²) in [6.45, 7) is 11.7. The number of amides is 4. The number of hydrogen-bond acceptors (Lipinski definition) is 10. The van der Waals surface area contributed by atoms with E-state index < -0.39 is 53.2 Å². The summed E-state index contributed by atoms with van der Waals surface area (Å²) in [6.07, 6.45) is -1.65. The van der Waals surface area contributed by atoms with E-state index in [1.165, 1.54) is 10.9 Å². The Morgan fingerprint density at radius 1 is 0.909 bits per heavy atom. The standard InChI is InChI=1S/C38H44F3N7O7/c1-23-12-8-9-13-24(23)20-46(21-26-16-15-25(18-42-26)38(39,40)41)33(50)32(49)44-28-19-43-31(27-22-47(45-30(27)28)29-14-10-11-17-53-29)48(34(51)54-36(2,3)4)35(52)55-37(5,6)7/h8-9,12-13,15-16,18-19,22,29H,10-11,14,17,20-21H2,1-7H3,(H,44,49). The van der Waals surface area contributed by atoms with Gasteiger partial charge < -0.3 is 24.4 Å². The fourth-order valence-electron chi connectivity index (χ4n) is 5.62. The van der Waals surface area contributed by atoms with E-state index >= 15 is 0 Å². The number of aryl methyl sites for hydroxylation is 1. The summed E-state index contributed by atoms with van der Waals surface area (Å²) in [7, 11) is 0. The number of fused-ring (bicyclic) bond motifs is 1. The van der Waals surface area contributed by atoms with Crippen LogP contribution in [0.15, 0.2) is 55.0 Å². The second kappa shape index (κ2) is 16.0. The Kier molecular flexibility index (Phi) is 11.8. The van der Waals surface area contributed by atoms with Crippen LogP contribution in [0, 0.1) is 6.92 Å². The van der Waals surface area contributed by atoms with Gasteiger partial charge in [-0.2, -0.15) is 23.2 Å². The highest BCUT2D eigenvalue weighted by atomic mass is 19.4. The van der Waals surface area contributed by atoms with E-state index in [0.717, 1.165) is 41.6 Å². The third kappa shape index (κ3) is 10.3. The smallest absolute Gasteiger partial charge is 0.425 e. The molecule has 4 heterocycles. The molecule has 55 heavy (non-hydrogen) atoms. The molecule has 1 unspecified atom stereocenters. The number of aromatic nitrogens is 4. The molecule has 294 valence electrons. The van der Waals surface area contributed by atoms with Crippen molar-refractivity contribution in [3.05, 3.63) is 77.4 Å². The van der Waals surface area contributed by atoms with Gasteiger partial charge in [-0.15, -0.1) is 0 Å². The van der Waals surface area contributed by atoms with Gasteiger partial charge in [-0.25, -0.2) is 19.3 Å². The molecule has 0 radical (unpaired) electrons. The number of hydrogen-bond donors (Lipinski definition) is 1. The molecule has 4 aromatic rings. The second-order valence-corrected chi connectivity index (χ2v) is 15.1. The Morgan fingerprint density at radius 3 is 2.15 bits per heavy atom. The first kappa shape index (κ1) is 40.6. The molecule has 0 aliphatic carbocycles. The molecule has 17 heteroatoms. The maximum atomic E-state index is 13.9. The van der Waals surface area contributed by atoms with Crippen LogP contribution in [0.25, 0.3) is 10.9 Å². The molecule has 1 fully saturated rings. The molecular formula is C38H44F3N7O7. The van der Waals surface area contributed by atoms with Crippen molar-refractivity contribution in [3.8, 4) is 0 Å². The van der Waals surface area contributed by atoms with Crippen molar-refractivity contribution in [3.63, 3.8) is 0 Å². The van der Waals surface area contributed by atoms with Gasteiger partial charge in [0.15, 0.2) is 5.82 Å². The fraction of sp³-hybridized carbons (Fsp3) is 0.447. The van der Waals surface area contributed by atoms with Gasteiger partial charge in [0.2, 0.25) is 0 Å². The predicted molar refractivity (Wildman–Crippen MR) is 195 cm³/mol. The monoisotopic (exact) mass is 767 g/mol. The molecule has 3 aromatic heterocycles. The number of imide groups is 1. The Bertz CT molecular complexity index is 2020. The lowest BCUT2D eigenvalue weighted by molar-refractivity contribution is -0.144. The summed E-state index contributed by atoms with van der Waals surface area (Å²) < 4.78 is 58.2. The molecule has 0 spiro atoms. The molecular weight excluding hydrogens is 723 g/mol. The van der Waals surface area contributed by atoms with E-state index in [4.69, 9.17) is 14.2 Å². The average molecular weight is 768 g/mol. The van der Waals surface area contributed by atoms with E-state index in [1.54, 1.807) is 59.7 Å². The molecule has 14 nitrogen and oxygen atoms in total. The number of alkyl halides is 3. The highest BCUT2D eigenvalue weighted by molar-refractivity contribution is 6.40. The molecule has 0 bridgehead atoms. The number of benzene rings is 1. The van der Waals surface area contributed by atoms with Gasteiger partial charge in [-0.3, -0.25) is 14.6 Å². The van der Waals surface area contributed by atoms with Gasteiger partial charge in [0.1, 0.15) is 22.9 Å². The van der Waals surface area contributed by atoms with Crippen molar-refractivity contribution in [2.45, 2.75) is 104 Å². The summed E-state index contributed by atoms with van der Waals surface area (Å²) in [5.41, 5.74) is -1.32.